The van der Waals surface area contributed by atoms with E-state index in [2.05, 4.69) is 36.4 Å². The summed E-state index contributed by atoms with van der Waals surface area (Å²) >= 11 is 1.79. The van der Waals surface area contributed by atoms with Gasteiger partial charge >= 0.3 is 7.12 Å². The Morgan fingerprint density at radius 2 is 1.36 bits per heavy atom. The standard InChI is InChI=1S/C23H23BO3S/c1-4-10-19(11-5-1)16-25-17-22-23(18-28-21-14-8-3-9-15-21)27-24(26-22)20-12-6-2-7-13-20/h1-15,22-23H,16-18H2/t22-,23+/m1/s1. The average molecular weight is 390 g/mol. The molecule has 3 nitrogen and oxygen atoms in total. The zero-order chi connectivity index (χ0) is 19.0. The molecule has 0 radical (unpaired) electrons. The molecule has 0 N–H and O–H groups in total. The van der Waals surface area contributed by atoms with Gasteiger partial charge in [-0.3, -0.25) is 0 Å². The van der Waals surface area contributed by atoms with Gasteiger partial charge in [0.2, 0.25) is 0 Å². The van der Waals surface area contributed by atoms with Crippen LogP contribution in [0.5, 0.6) is 0 Å². The molecule has 0 spiro atoms. The maximum atomic E-state index is 6.26. The van der Waals surface area contributed by atoms with E-state index < -0.39 is 0 Å². The Morgan fingerprint density at radius 3 is 2.07 bits per heavy atom. The first-order valence-electron chi connectivity index (χ1n) is 9.54. The highest BCUT2D eigenvalue weighted by Gasteiger charge is 2.40. The van der Waals surface area contributed by atoms with Gasteiger partial charge in [-0.05, 0) is 23.2 Å². The number of rotatable bonds is 8. The molecule has 1 fully saturated rings. The third-order valence-electron chi connectivity index (χ3n) is 4.63. The average Bonchev–Trinajstić information content (AvgIpc) is 3.17. The minimum Gasteiger partial charge on any atom is -0.401 e. The molecule has 0 saturated carbocycles. The van der Waals surface area contributed by atoms with E-state index in [9.17, 15) is 0 Å². The maximum absolute atomic E-state index is 6.26. The molecule has 0 aliphatic carbocycles. The van der Waals surface area contributed by atoms with E-state index in [0.717, 1.165) is 16.8 Å². The molecule has 2 atom stereocenters. The SMILES string of the molecule is c1ccc(COC[C@H]2OB(c3ccccc3)O[C@H]2CSc2ccccc2)cc1. The largest absolute Gasteiger partial charge is 0.494 e. The van der Waals surface area contributed by atoms with Crippen molar-refractivity contribution in [2.24, 2.45) is 0 Å². The molecule has 4 rings (SSSR count). The van der Waals surface area contributed by atoms with Crippen LogP contribution < -0.4 is 5.46 Å². The van der Waals surface area contributed by atoms with Gasteiger partial charge in [0.25, 0.3) is 0 Å². The second-order valence-electron chi connectivity index (χ2n) is 6.72. The lowest BCUT2D eigenvalue weighted by Crippen LogP contribution is -2.32. The summed E-state index contributed by atoms with van der Waals surface area (Å²) in [7, 11) is -0.340. The smallest absolute Gasteiger partial charge is 0.401 e. The van der Waals surface area contributed by atoms with Crippen molar-refractivity contribution >= 4 is 24.3 Å². The summed E-state index contributed by atoms with van der Waals surface area (Å²) in [4.78, 5) is 1.23. The van der Waals surface area contributed by atoms with Gasteiger partial charge in [0, 0.05) is 10.6 Å². The molecule has 3 aromatic carbocycles. The Bertz CT molecular complexity index is 832. The fourth-order valence-corrected chi connectivity index (χ4v) is 4.15. The van der Waals surface area contributed by atoms with Crippen LogP contribution in [0, 0.1) is 0 Å². The highest BCUT2D eigenvalue weighted by atomic mass is 32.2. The van der Waals surface area contributed by atoms with E-state index in [4.69, 9.17) is 14.0 Å². The van der Waals surface area contributed by atoms with E-state index in [1.807, 2.05) is 54.6 Å². The maximum Gasteiger partial charge on any atom is 0.494 e. The quantitative estimate of drug-likeness (QED) is 0.426. The van der Waals surface area contributed by atoms with Gasteiger partial charge in [-0.15, -0.1) is 11.8 Å². The predicted molar refractivity (Wildman–Crippen MR) is 115 cm³/mol. The van der Waals surface area contributed by atoms with Gasteiger partial charge in [-0.2, -0.15) is 0 Å². The van der Waals surface area contributed by atoms with E-state index in [0.29, 0.717) is 13.2 Å². The van der Waals surface area contributed by atoms with Gasteiger partial charge < -0.3 is 14.0 Å². The summed E-state index contributed by atoms with van der Waals surface area (Å²) in [5.41, 5.74) is 2.21. The van der Waals surface area contributed by atoms with Crippen molar-refractivity contribution in [1.82, 2.24) is 0 Å². The summed E-state index contributed by atoms with van der Waals surface area (Å²) in [6, 6.07) is 30.7. The Kier molecular flexibility index (Phi) is 6.84. The third-order valence-corrected chi connectivity index (χ3v) is 5.74. The van der Waals surface area contributed by atoms with Gasteiger partial charge in [0.05, 0.1) is 25.4 Å². The Hall–Kier alpha value is -2.05. The minimum absolute atomic E-state index is 0.0221. The first-order valence-corrected chi connectivity index (χ1v) is 10.5. The van der Waals surface area contributed by atoms with Crippen molar-refractivity contribution in [3.05, 3.63) is 96.6 Å². The summed E-state index contributed by atoms with van der Waals surface area (Å²) in [6.45, 7) is 1.09. The number of thioether (sulfide) groups is 1. The molecule has 142 valence electrons. The molecule has 28 heavy (non-hydrogen) atoms. The predicted octanol–water partition coefficient (Wildman–Crippen LogP) is 4.17. The van der Waals surface area contributed by atoms with Crippen molar-refractivity contribution in [2.75, 3.05) is 12.4 Å². The van der Waals surface area contributed by atoms with Crippen LogP contribution in [0.1, 0.15) is 5.56 Å². The summed E-state index contributed by atoms with van der Waals surface area (Å²) < 4.78 is 18.4. The van der Waals surface area contributed by atoms with Gasteiger partial charge in [-0.25, -0.2) is 0 Å². The van der Waals surface area contributed by atoms with E-state index in [-0.39, 0.29) is 19.3 Å². The van der Waals surface area contributed by atoms with Crippen molar-refractivity contribution in [2.45, 2.75) is 23.7 Å². The Morgan fingerprint density at radius 1 is 0.750 bits per heavy atom. The Labute approximate surface area is 171 Å². The number of hydrogen-bond acceptors (Lipinski definition) is 4. The molecule has 3 aromatic rings. The third kappa shape index (κ3) is 5.27. The number of ether oxygens (including phenoxy) is 1. The van der Waals surface area contributed by atoms with Gasteiger partial charge in [-0.1, -0.05) is 78.9 Å². The van der Waals surface area contributed by atoms with E-state index >= 15 is 0 Å². The van der Waals surface area contributed by atoms with Crippen molar-refractivity contribution < 1.29 is 14.0 Å². The molecule has 1 aliphatic heterocycles. The molecular formula is C23H23BO3S. The van der Waals surface area contributed by atoms with Crippen LogP contribution in [0.2, 0.25) is 0 Å². The summed E-state index contributed by atoms with van der Waals surface area (Å²) in [5, 5.41) is 0. The molecule has 0 aromatic heterocycles. The Balaban J connectivity index is 1.38. The highest BCUT2D eigenvalue weighted by molar-refractivity contribution is 7.99. The summed E-state index contributed by atoms with van der Waals surface area (Å²) in [5.74, 6) is 0.826. The van der Waals surface area contributed by atoms with Crippen LogP contribution in [0.4, 0.5) is 0 Å². The van der Waals surface area contributed by atoms with E-state index in [1.165, 1.54) is 4.90 Å². The minimum atomic E-state index is -0.340. The molecule has 0 unspecified atom stereocenters. The number of hydrogen-bond donors (Lipinski definition) is 0. The van der Waals surface area contributed by atoms with Gasteiger partial charge in [0.15, 0.2) is 0 Å². The normalized spacial score (nSPS) is 19.1. The molecule has 0 amide bonds. The first-order chi connectivity index (χ1) is 13.9. The van der Waals surface area contributed by atoms with Crippen LogP contribution in [0.15, 0.2) is 95.9 Å². The van der Waals surface area contributed by atoms with Gasteiger partial charge in [0.1, 0.15) is 0 Å². The molecule has 1 saturated heterocycles. The molecule has 5 heteroatoms. The molecule has 1 heterocycles. The van der Waals surface area contributed by atoms with Crippen LogP contribution in [0.3, 0.4) is 0 Å². The van der Waals surface area contributed by atoms with Crippen molar-refractivity contribution in [3.8, 4) is 0 Å². The number of benzene rings is 3. The highest BCUT2D eigenvalue weighted by Crippen LogP contribution is 2.25. The fraction of sp³-hybridized carbons (Fsp3) is 0.217. The van der Waals surface area contributed by atoms with Crippen LogP contribution in [-0.2, 0) is 20.7 Å². The zero-order valence-corrected chi connectivity index (χ0v) is 16.5. The second kappa shape index (κ2) is 9.94. The monoisotopic (exact) mass is 390 g/mol. The lowest BCUT2D eigenvalue weighted by atomic mass is 9.79. The van der Waals surface area contributed by atoms with Crippen LogP contribution in [-0.4, -0.2) is 31.7 Å². The fourth-order valence-electron chi connectivity index (χ4n) is 3.15. The molecule has 0 bridgehead atoms. The van der Waals surface area contributed by atoms with E-state index in [1.54, 1.807) is 11.8 Å². The molecular weight excluding hydrogens is 367 g/mol. The lowest BCUT2D eigenvalue weighted by molar-refractivity contribution is 0.0326. The van der Waals surface area contributed by atoms with Crippen molar-refractivity contribution in [3.63, 3.8) is 0 Å². The lowest BCUT2D eigenvalue weighted by Gasteiger charge is -2.18. The first kappa shape index (κ1) is 19.3. The second-order valence-corrected chi connectivity index (χ2v) is 7.81. The van der Waals surface area contributed by atoms with Crippen LogP contribution >= 0.6 is 11.8 Å². The summed E-state index contributed by atoms with van der Waals surface area (Å²) in [6.07, 6.45) is -0.115. The topological polar surface area (TPSA) is 27.7 Å². The van der Waals surface area contributed by atoms with Crippen molar-refractivity contribution in [1.29, 1.82) is 0 Å². The van der Waals surface area contributed by atoms with Crippen LogP contribution in [0.25, 0.3) is 0 Å². The zero-order valence-electron chi connectivity index (χ0n) is 15.6. The molecule has 1 aliphatic rings.